The molecule has 1 aromatic rings. The maximum Gasteiger partial charge on any atom is 0.00683 e. The van der Waals surface area contributed by atoms with Gasteiger partial charge in [0.05, 0.1) is 0 Å². The van der Waals surface area contributed by atoms with Crippen LogP contribution in [0.3, 0.4) is 0 Å². The number of H-pyrrole nitrogens is 1. The summed E-state index contributed by atoms with van der Waals surface area (Å²) in [6.07, 6.45) is 10.0. The molecule has 1 aliphatic rings. The normalized spacial score (nSPS) is 26.7. The van der Waals surface area contributed by atoms with Gasteiger partial charge in [-0.1, -0.05) is 0 Å². The van der Waals surface area contributed by atoms with Crippen LogP contribution in [0.5, 0.6) is 0 Å². The lowest BCUT2D eigenvalue weighted by atomic mass is 9.92. The highest BCUT2D eigenvalue weighted by Gasteiger charge is 2.17. The van der Waals surface area contributed by atoms with Crippen molar-refractivity contribution in [3.05, 3.63) is 24.0 Å². The van der Waals surface area contributed by atoms with Gasteiger partial charge in [0, 0.05) is 24.5 Å². The molecule has 15 heavy (non-hydrogen) atoms. The van der Waals surface area contributed by atoms with Crippen LogP contribution >= 0.6 is 0 Å². The highest BCUT2D eigenvalue weighted by atomic mass is 14.9. The number of nitrogens with two attached hydrogens (primary N) is 1. The molecule has 3 heteroatoms. The molecule has 4 N–H and O–H groups in total. The Bertz CT molecular complexity index is 260. The summed E-state index contributed by atoms with van der Waals surface area (Å²) in [5.74, 6) is 0. The Balaban J connectivity index is 1.62. The van der Waals surface area contributed by atoms with Gasteiger partial charge in [0.25, 0.3) is 0 Å². The maximum atomic E-state index is 5.87. The number of rotatable bonds is 4. The molecule has 0 aromatic carbocycles. The lowest BCUT2D eigenvalue weighted by molar-refractivity contribution is 0.344. The second-order valence-corrected chi connectivity index (χ2v) is 4.54. The first-order valence-corrected chi connectivity index (χ1v) is 5.95. The van der Waals surface area contributed by atoms with Gasteiger partial charge in [-0.2, -0.15) is 0 Å². The molecule has 1 aliphatic carbocycles. The summed E-state index contributed by atoms with van der Waals surface area (Å²) in [4.78, 5) is 3.08. The van der Waals surface area contributed by atoms with Crippen molar-refractivity contribution < 1.29 is 0 Å². The van der Waals surface area contributed by atoms with Gasteiger partial charge in [-0.25, -0.2) is 0 Å². The standard InChI is InChI=1S/C12H21N3/c13-11-1-3-12(4-2-11)15-8-6-10-5-7-14-9-10/h5,7,9,11-12,14-15H,1-4,6,8,13H2. The van der Waals surface area contributed by atoms with Crippen molar-refractivity contribution in [1.82, 2.24) is 10.3 Å². The number of hydrogen-bond donors (Lipinski definition) is 3. The van der Waals surface area contributed by atoms with Crippen LogP contribution in [0.1, 0.15) is 31.2 Å². The van der Waals surface area contributed by atoms with Crippen LogP contribution in [-0.4, -0.2) is 23.6 Å². The highest BCUT2D eigenvalue weighted by molar-refractivity contribution is 5.08. The van der Waals surface area contributed by atoms with E-state index in [0.717, 1.165) is 13.0 Å². The molecule has 1 saturated carbocycles. The zero-order valence-electron chi connectivity index (χ0n) is 9.21. The molecule has 0 radical (unpaired) electrons. The van der Waals surface area contributed by atoms with E-state index < -0.39 is 0 Å². The Hall–Kier alpha value is -0.800. The number of hydrogen-bond acceptors (Lipinski definition) is 2. The molecular formula is C12H21N3. The predicted octanol–water partition coefficient (Wildman–Crippen LogP) is 1.42. The molecule has 1 aromatic heterocycles. The van der Waals surface area contributed by atoms with E-state index >= 15 is 0 Å². The summed E-state index contributed by atoms with van der Waals surface area (Å²) in [7, 11) is 0. The van der Waals surface area contributed by atoms with Crippen LogP contribution in [0, 0.1) is 0 Å². The molecule has 2 rings (SSSR count). The van der Waals surface area contributed by atoms with E-state index in [-0.39, 0.29) is 0 Å². The van der Waals surface area contributed by atoms with E-state index in [2.05, 4.69) is 22.6 Å². The fourth-order valence-corrected chi connectivity index (χ4v) is 2.26. The summed E-state index contributed by atoms with van der Waals surface area (Å²) in [6, 6.07) is 3.29. The Morgan fingerprint density at radius 1 is 1.33 bits per heavy atom. The van der Waals surface area contributed by atoms with Gasteiger partial charge in [0.1, 0.15) is 0 Å². The van der Waals surface area contributed by atoms with Crippen LogP contribution in [0.4, 0.5) is 0 Å². The van der Waals surface area contributed by atoms with Crippen molar-refractivity contribution in [2.24, 2.45) is 5.73 Å². The van der Waals surface area contributed by atoms with Crippen molar-refractivity contribution in [3.8, 4) is 0 Å². The highest BCUT2D eigenvalue weighted by Crippen LogP contribution is 2.16. The average molecular weight is 207 g/mol. The van der Waals surface area contributed by atoms with Gasteiger partial charge in [0.15, 0.2) is 0 Å². The molecule has 0 spiro atoms. The van der Waals surface area contributed by atoms with Crippen LogP contribution in [0.25, 0.3) is 0 Å². The van der Waals surface area contributed by atoms with E-state index in [1.165, 1.54) is 31.2 Å². The van der Waals surface area contributed by atoms with Crippen LogP contribution in [0.2, 0.25) is 0 Å². The summed E-state index contributed by atoms with van der Waals surface area (Å²) in [6.45, 7) is 1.08. The van der Waals surface area contributed by atoms with Gasteiger partial charge in [-0.15, -0.1) is 0 Å². The maximum absolute atomic E-state index is 5.87. The first kappa shape index (κ1) is 10.7. The molecule has 0 atom stereocenters. The van der Waals surface area contributed by atoms with E-state index in [1.54, 1.807) is 0 Å². The van der Waals surface area contributed by atoms with E-state index in [4.69, 9.17) is 5.73 Å². The Kier molecular flexibility index (Phi) is 3.80. The SMILES string of the molecule is NC1CCC(NCCc2cc[nH]c2)CC1. The fourth-order valence-electron chi connectivity index (χ4n) is 2.26. The van der Waals surface area contributed by atoms with Crippen LogP contribution in [0.15, 0.2) is 18.5 Å². The lowest BCUT2D eigenvalue weighted by Crippen LogP contribution is -2.38. The van der Waals surface area contributed by atoms with Gasteiger partial charge in [-0.05, 0) is 50.3 Å². The van der Waals surface area contributed by atoms with E-state index in [0.29, 0.717) is 12.1 Å². The molecule has 84 valence electrons. The summed E-state index contributed by atoms with van der Waals surface area (Å²) in [5, 5.41) is 3.61. The minimum atomic E-state index is 0.452. The molecule has 3 nitrogen and oxygen atoms in total. The summed E-state index contributed by atoms with van der Waals surface area (Å²) in [5.41, 5.74) is 7.26. The van der Waals surface area contributed by atoms with Crippen molar-refractivity contribution in [1.29, 1.82) is 0 Å². The number of aromatic nitrogens is 1. The second-order valence-electron chi connectivity index (χ2n) is 4.54. The molecule has 0 bridgehead atoms. The van der Waals surface area contributed by atoms with Gasteiger partial charge >= 0.3 is 0 Å². The third kappa shape index (κ3) is 3.36. The van der Waals surface area contributed by atoms with E-state index in [1.807, 2.05) is 6.20 Å². The Morgan fingerprint density at radius 3 is 2.80 bits per heavy atom. The third-order valence-corrected chi connectivity index (χ3v) is 3.28. The molecule has 1 heterocycles. The second kappa shape index (κ2) is 5.33. The minimum absolute atomic E-state index is 0.452. The average Bonchev–Trinajstić information content (AvgIpc) is 2.74. The van der Waals surface area contributed by atoms with Crippen molar-refractivity contribution in [2.75, 3.05) is 6.54 Å². The lowest BCUT2D eigenvalue weighted by Gasteiger charge is -2.26. The molecule has 0 aliphatic heterocycles. The minimum Gasteiger partial charge on any atom is -0.367 e. The summed E-state index contributed by atoms with van der Waals surface area (Å²) >= 11 is 0. The quantitative estimate of drug-likeness (QED) is 0.699. The summed E-state index contributed by atoms with van der Waals surface area (Å²) < 4.78 is 0. The van der Waals surface area contributed by atoms with Crippen LogP contribution < -0.4 is 11.1 Å². The van der Waals surface area contributed by atoms with Crippen molar-refractivity contribution in [2.45, 2.75) is 44.2 Å². The molecule has 1 fully saturated rings. The zero-order valence-corrected chi connectivity index (χ0v) is 9.21. The monoisotopic (exact) mass is 207 g/mol. The van der Waals surface area contributed by atoms with Crippen LogP contribution in [-0.2, 0) is 6.42 Å². The molecule has 0 saturated heterocycles. The topological polar surface area (TPSA) is 53.8 Å². The first-order chi connectivity index (χ1) is 7.34. The van der Waals surface area contributed by atoms with Gasteiger partial charge in [-0.3, -0.25) is 0 Å². The molecule has 0 unspecified atom stereocenters. The number of aromatic amines is 1. The number of nitrogens with one attached hydrogen (secondary N) is 2. The first-order valence-electron chi connectivity index (χ1n) is 5.95. The Labute approximate surface area is 91.4 Å². The Morgan fingerprint density at radius 2 is 2.13 bits per heavy atom. The third-order valence-electron chi connectivity index (χ3n) is 3.28. The van der Waals surface area contributed by atoms with Gasteiger partial charge in [0.2, 0.25) is 0 Å². The molecule has 0 amide bonds. The van der Waals surface area contributed by atoms with Crippen molar-refractivity contribution in [3.63, 3.8) is 0 Å². The smallest absolute Gasteiger partial charge is 0.00683 e. The fraction of sp³-hybridized carbons (Fsp3) is 0.667. The molecular weight excluding hydrogens is 186 g/mol. The zero-order chi connectivity index (χ0) is 10.5. The van der Waals surface area contributed by atoms with E-state index in [9.17, 15) is 0 Å². The predicted molar refractivity (Wildman–Crippen MR) is 62.7 cm³/mol. The van der Waals surface area contributed by atoms with Crippen molar-refractivity contribution >= 4 is 0 Å². The largest absolute Gasteiger partial charge is 0.367 e. The van der Waals surface area contributed by atoms with Gasteiger partial charge < -0.3 is 16.0 Å².